The lowest BCUT2D eigenvalue weighted by Crippen LogP contribution is -2.73. The highest BCUT2D eigenvalue weighted by Gasteiger charge is 2.78. The van der Waals surface area contributed by atoms with Crippen molar-refractivity contribution in [1.82, 2.24) is 0 Å². The second kappa shape index (κ2) is 16.9. The first-order valence-corrected chi connectivity index (χ1v) is 28.6. The number of fused-ring (bicyclic) bond motifs is 14. The molecular weight excluding hydrogens is 957 g/mol. The molecule has 12 nitrogen and oxygen atoms in total. The molecule has 0 amide bonds. The number of rotatable bonds is 2. The summed E-state index contributed by atoms with van der Waals surface area (Å²) < 4.78 is 10.8. The van der Waals surface area contributed by atoms with Crippen LogP contribution in [0.25, 0.3) is 9.69 Å². The zero-order chi connectivity index (χ0) is 56.6. The van der Waals surface area contributed by atoms with Gasteiger partial charge in [0, 0.05) is 33.5 Å². The Hall–Kier alpha value is -4.26. The number of carbonyl (C=O) groups is 6. The number of hydrogen-bond donors (Lipinski definition) is 2. The van der Waals surface area contributed by atoms with Crippen LogP contribution in [0.2, 0.25) is 0 Å². The molecule has 0 unspecified atom stereocenters. The monoisotopic (exact) mass is 1040 g/mol. The zero-order valence-electron chi connectivity index (χ0n) is 48.7. The van der Waals surface area contributed by atoms with Crippen LogP contribution in [0.15, 0.2) is 35.1 Å². The summed E-state index contributed by atoms with van der Waals surface area (Å²) in [7, 11) is 2.93. The third-order valence-electron chi connectivity index (χ3n) is 25.5. The van der Waals surface area contributed by atoms with Crippen LogP contribution in [0.4, 0.5) is 0 Å². The molecule has 0 spiro atoms. The van der Waals surface area contributed by atoms with Gasteiger partial charge in [0.05, 0.1) is 31.6 Å². The lowest BCUT2D eigenvalue weighted by atomic mass is 9.33. The summed E-state index contributed by atoms with van der Waals surface area (Å²) >= 11 is 0. The predicted molar refractivity (Wildman–Crippen MR) is 287 cm³/mol. The van der Waals surface area contributed by atoms with Crippen LogP contribution in [-0.2, 0) is 38.2 Å². The van der Waals surface area contributed by atoms with Crippen LogP contribution >= 0.6 is 0 Å². The molecule has 12 heteroatoms. The van der Waals surface area contributed by atoms with Gasteiger partial charge in [-0.2, -0.15) is 0 Å². The molecule has 7 saturated carbocycles. The van der Waals surface area contributed by atoms with E-state index in [0.717, 1.165) is 75.4 Å². The number of methoxy groups -OCH3 is 2. The molecular formula is C64H88N2O10. The summed E-state index contributed by atoms with van der Waals surface area (Å²) in [6, 6.07) is 0. The van der Waals surface area contributed by atoms with Gasteiger partial charge >= 0.3 is 17.7 Å². The quantitative estimate of drug-likeness (QED) is 0.200. The SMILES string of the molecule is [C-]#[N+]C1=C[C@]2(C)C3=CC(=O)[C@@H]4[C@@H]5CC(C)(C)CC[C@]5(C(=O)OC)CC[C@@]4(C)[C@]3(C)CC[C@H]2C(C)(C)C1=O.[C-]#[N+][C@]1(O)C(=O)C(C)(C)[C@@H]2CC[C@]3(C)C(=CC(=O)[C@@H]4[C@@H]5CC(C)(C)CC[C@]5(C(=O)OC)CC[C@]43C)[C@@]2(C)[C@H]1O. The average Bonchev–Trinajstić information content (AvgIpc) is 3.39. The van der Waals surface area contributed by atoms with E-state index in [1.54, 1.807) is 19.9 Å². The number of ether oxygens (including phenoxy) is 2. The predicted octanol–water partition coefficient (Wildman–Crippen LogP) is 11.6. The number of aliphatic hydroxyl groups is 2. The van der Waals surface area contributed by atoms with Gasteiger partial charge in [0.15, 0.2) is 23.5 Å². The fourth-order valence-electron chi connectivity index (χ4n) is 20.8. The van der Waals surface area contributed by atoms with Crippen LogP contribution in [-0.4, -0.2) is 71.3 Å². The van der Waals surface area contributed by atoms with Gasteiger partial charge in [-0.15, -0.1) is 0 Å². The highest BCUT2D eigenvalue weighted by molar-refractivity contribution is 6.03. The smallest absolute Gasteiger partial charge is 0.421 e. The number of Topliss-reactive ketones (excluding diaryl/α,β-unsaturated/α-hetero) is 2. The van der Waals surface area contributed by atoms with E-state index in [4.69, 9.17) is 22.6 Å². The zero-order valence-corrected chi connectivity index (χ0v) is 48.7. The number of esters is 2. The van der Waals surface area contributed by atoms with Crippen molar-refractivity contribution in [3.8, 4) is 0 Å². The number of aliphatic hydroxyl groups excluding tert-OH is 1. The summed E-state index contributed by atoms with van der Waals surface area (Å²) in [5.41, 5.74) is -6.73. The van der Waals surface area contributed by atoms with E-state index >= 15 is 0 Å². The molecule has 0 aromatic rings. The summed E-state index contributed by atoms with van der Waals surface area (Å²) in [5.74, 6) is -2.13. The minimum absolute atomic E-state index is 0.00861. The third-order valence-corrected chi connectivity index (χ3v) is 25.5. The maximum absolute atomic E-state index is 14.4. The van der Waals surface area contributed by atoms with E-state index in [2.05, 4.69) is 72.0 Å². The largest absolute Gasteiger partial charge is 0.469 e. The Labute approximate surface area is 453 Å². The molecule has 16 atom stereocenters. The Balaban J connectivity index is 0.000000186. The van der Waals surface area contributed by atoms with Crippen molar-refractivity contribution >= 4 is 35.1 Å². The molecule has 0 radical (unpaired) electrons. The Morgan fingerprint density at radius 3 is 1.45 bits per heavy atom. The van der Waals surface area contributed by atoms with E-state index in [1.807, 2.05) is 32.9 Å². The fraction of sp³-hybridized carbons (Fsp3) is 0.781. The first-order valence-electron chi connectivity index (χ1n) is 28.6. The molecule has 0 saturated heterocycles. The lowest BCUT2D eigenvalue weighted by Gasteiger charge is -2.69. The molecule has 10 aliphatic carbocycles. The van der Waals surface area contributed by atoms with E-state index in [0.29, 0.717) is 25.7 Å². The van der Waals surface area contributed by atoms with Crippen molar-refractivity contribution in [1.29, 1.82) is 0 Å². The molecule has 2 N–H and O–H groups in total. The molecule has 414 valence electrons. The van der Waals surface area contributed by atoms with E-state index in [9.17, 15) is 39.0 Å². The molecule has 7 fully saturated rings. The molecule has 10 aliphatic rings. The normalized spacial score (nSPS) is 47.8. The fourth-order valence-corrected chi connectivity index (χ4v) is 20.8. The van der Waals surface area contributed by atoms with Crippen LogP contribution in [0.3, 0.4) is 0 Å². The van der Waals surface area contributed by atoms with Gasteiger partial charge < -0.3 is 24.5 Å². The molecule has 76 heavy (non-hydrogen) atoms. The maximum atomic E-state index is 14.4. The van der Waals surface area contributed by atoms with Gasteiger partial charge in [0.25, 0.3) is 5.78 Å². The number of allylic oxidation sites excluding steroid dienone is 5. The molecule has 0 aromatic carbocycles. The van der Waals surface area contributed by atoms with Crippen LogP contribution in [0.5, 0.6) is 0 Å². The van der Waals surface area contributed by atoms with E-state index in [1.165, 1.54) is 14.2 Å². The summed E-state index contributed by atoms with van der Waals surface area (Å²) in [6.07, 6.45) is 14.7. The molecule has 0 aromatic heterocycles. The average molecular weight is 1050 g/mol. The second-order valence-electron chi connectivity index (χ2n) is 30.4. The first kappa shape index (κ1) is 56.5. The minimum atomic E-state index is -2.57. The van der Waals surface area contributed by atoms with Crippen molar-refractivity contribution in [3.63, 3.8) is 0 Å². The number of carbonyl (C=O) groups excluding carboxylic acids is 6. The second-order valence-corrected chi connectivity index (χ2v) is 30.4. The number of hydrogen-bond acceptors (Lipinski definition) is 10. The van der Waals surface area contributed by atoms with Gasteiger partial charge in [-0.05, 0) is 158 Å². The van der Waals surface area contributed by atoms with Gasteiger partial charge in [-0.1, -0.05) is 114 Å². The lowest BCUT2D eigenvalue weighted by molar-refractivity contribution is -0.215. The summed E-state index contributed by atoms with van der Waals surface area (Å²) in [6.45, 7) is 44.8. The third kappa shape index (κ3) is 6.82. The van der Waals surface area contributed by atoms with Crippen molar-refractivity contribution in [2.45, 2.75) is 199 Å². The summed E-state index contributed by atoms with van der Waals surface area (Å²) in [4.78, 5) is 89.1. The van der Waals surface area contributed by atoms with Crippen LogP contribution in [0, 0.1) is 114 Å². The van der Waals surface area contributed by atoms with Crippen molar-refractivity contribution in [2.24, 2.45) is 100 Å². The molecule has 0 heterocycles. The minimum Gasteiger partial charge on any atom is -0.469 e. The van der Waals surface area contributed by atoms with Crippen molar-refractivity contribution in [3.05, 3.63) is 57.9 Å². The molecule has 0 bridgehead atoms. The highest BCUT2D eigenvalue weighted by atomic mass is 16.5. The van der Waals surface area contributed by atoms with Gasteiger partial charge in [0.2, 0.25) is 5.70 Å². The Morgan fingerprint density at radius 1 is 0.592 bits per heavy atom. The summed E-state index contributed by atoms with van der Waals surface area (Å²) in [5, 5.41) is 23.0. The first-order chi connectivity index (χ1) is 34.9. The number of nitrogens with zero attached hydrogens (tertiary/aromatic N) is 2. The van der Waals surface area contributed by atoms with Gasteiger partial charge in [-0.3, -0.25) is 28.8 Å². The Bertz CT molecular complexity index is 2800. The highest BCUT2D eigenvalue weighted by Crippen LogP contribution is 2.77. The topological polar surface area (TPSA) is 170 Å². The van der Waals surface area contributed by atoms with Crippen LogP contribution < -0.4 is 0 Å². The Morgan fingerprint density at radius 2 is 1.01 bits per heavy atom. The molecule has 0 aliphatic heterocycles. The number of ketones is 4. The van der Waals surface area contributed by atoms with E-state index in [-0.39, 0.29) is 92.2 Å². The van der Waals surface area contributed by atoms with Crippen molar-refractivity contribution in [2.75, 3.05) is 14.2 Å². The van der Waals surface area contributed by atoms with E-state index < -0.39 is 60.9 Å². The van der Waals surface area contributed by atoms with Gasteiger partial charge in [0.1, 0.15) is 0 Å². The Kier molecular flexibility index (Phi) is 12.5. The van der Waals surface area contributed by atoms with Crippen LogP contribution in [0.1, 0.15) is 187 Å². The standard InChI is InChI=1S/C32H45NO6.C32H43NO4/c1-26(2)12-14-31(25(37)39-9)15-13-29(6)22(18(31)17-26)19(34)16-21-28(29,5)11-10-20-27(3,4)23(35)32(38,33-8)24(36)30(20,21)7;1-27(2)12-14-32(26(36)37-9)15-13-31(7)24(19(32)17-27)21(34)16-23-29(5)18-20(33-8)25(35)28(3,4)22(29)10-11-30(23,31)6/h16,18,20,22,24,36,38H,10-15,17H2,1-7,9H3;16,18-19,22,24H,10-15,17H2,1-7,9H3/t18-,20-,22-,24+,28+,29+,30-,31-,32-;19-,22-,24-,29-,30+,31+,32-/m00/s1. The van der Waals surface area contributed by atoms with Gasteiger partial charge in [-0.25, -0.2) is 11.4 Å². The maximum Gasteiger partial charge on any atom is 0.421 e. The molecule has 10 rings (SSSR count). The van der Waals surface area contributed by atoms with Crippen molar-refractivity contribution < 1.29 is 48.5 Å².